The number of anilines is 2. The molecule has 0 aliphatic heterocycles. The first-order valence-electron chi connectivity index (χ1n) is 7.54. The summed E-state index contributed by atoms with van der Waals surface area (Å²) in [6, 6.07) is 0.492. The highest BCUT2D eigenvalue weighted by molar-refractivity contribution is 7.98. The Balaban J connectivity index is 3.33. The number of aromatic nitrogens is 2. The Morgan fingerprint density at radius 3 is 2.33 bits per heavy atom. The van der Waals surface area contributed by atoms with E-state index in [4.69, 9.17) is 4.98 Å². The number of hydrogen-bond acceptors (Lipinski definition) is 5. The van der Waals surface area contributed by atoms with Crippen molar-refractivity contribution in [3.63, 3.8) is 0 Å². The van der Waals surface area contributed by atoms with E-state index in [1.807, 2.05) is 18.8 Å². The molecule has 21 heavy (non-hydrogen) atoms. The van der Waals surface area contributed by atoms with Crippen molar-refractivity contribution in [3.05, 3.63) is 11.4 Å². The van der Waals surface area contributed by atoms with Crippen molar-refractivity contribution in [2.45, 2.75) is 52.5 Å². The maximum Gasteiger partial charge on any atom is 0.138 e. The molecule has 1 N–H and O–H groups in total. The fraction of sp³-hybridized carbons (Fsp3) is 0.750. The lowest BCUT2D eigenvalue weighted by molar-refractivity contribution is 0.542. The van der Waals surface area contributed by atoms with Crippen molar-refractivity contribution in [2.24, 2.45) is 0 Å². The molecule has 0 aliphatic rings. The quantitative estimate of drug-likeness (QED) is 0.867. The molecular formula is C16H30N4S. The van der Waals surface area contributed by atoms with Gasteiger partial charge in [0.25, 0.3) is 0 Å². The first-order valence-corrected chi connectivity index (χ1v) is 8.94. The van der Waals surface area contributed by atoms with Gasteiger partial charge in [0.15, 0.2) is 0 Å². The molecule has 0 aliphatic carbocycles. The topological polar surface area (TPSA) is 41.1 Å². The van der Waals surface area contributed by atoms with Crippen LogP contribution in [-0.4, -0.2) is 42.1 Å². The summed E-state index contributed by atoms with van der Waals surface area (Å²) in [4.78, 5) is 11.9. The Kier molecular flexibility index (Phi) is 6.32. The third kappa shape index (κ3) is 4.25. The van der Waals surface area contributed by atoms with Gasteiger partial charge < -0.3 is 10.2 Å². The van der Waals surface area contributed by atoms with Crippen LogP contribution in [0.2, 0.25) is 0 Å². The average molecular weight is 311 g/mol. The van der Waals surface area contributed by atoms with Crippen LogP contribution in [0.3, 0.4) is 0 Å². The third-order valence-electron chi connectivity index (χ3n) is 3.74. The molecule has 4 nitrogen and oxygen atoms in total. The summed E-state index contributed by atoms with van der Waals surface area (Å²) < 4.78 is 0. The van der Waals surface area contributed by atoms with Crippen LogP contribution in [0, 0.1) is 6.92 Å². The normalized spacial score (nSPS) is 13.1. The predicted molar refractivity (Wildman–Crippen MR) is 95.9 cm³/mol. The lowest BCUT2D eigenvalue weighted by Gasteiger charge is -2.31. The Morgan fingerprint density at radius 2 is 1.90 bits per heavy atom. The maximum atomic E-state index is 4.87. The molecule has 0 aromatic carbocycles. The molecule has 1 aromatic heterocycles. The molecule has 0 saturated carbocycles. The number of rotatable bonds is 6. The number of thioether (sulfide) groups is 1. The second-order valence-corrected chi connectivity index (χ2v) is 7.38. The van der Waals surface area contributed by atoms with E-state index >= 15 is 0 Å². The summed E-state index contributed by atoms with van der Waals surface area (Å²) >= 11 is 1.88. The number of nitrogens with zero attached hydrogens (tertiary/aromatic N) is 3. The van der Waals surface area contributed by atoms with Crippen LogP contribution in [0.5, 0.6) is 0 Å². The smallest absolute Gasteiger partial charge is 0.138 e. The highest BCUT2D eigenvalue weighted by atomic mass is 32.2. The van der Waals surface area contributed by atoms with Gasteiger partial charge in [-0.2, -0.15) is 11.8 Å². The van der Waals surface area contributed by atoms with E-state index in [0.717, 1.165) is 35.2 Å². The van der Waals surface area contributed by atoms with Crippen LogP contribution in [0.25, 0.3) is 0 Å². The molecule has 5 heteroatoms. The highest BCUT2D eigenvalue weighted by Gasteiger charge is 2.24. The SMILES string of the molecule is CCC(CSC)N(C)c1nc(C(C)(C)C)nc(NC)c1C. The van der Waals surface area contributed by atoms with Crippen molar-refractivity contribution in [1.29, 1.82) is 0 Å². The molecule has 0 saturated heterocycles. The first kappa shape index (κ1) is 18.1. The molecule has 1 atom stereocenters. The van der Waals surface area contributed by atoms with Crippen molar-refractivity contribution < 1.29 is 0 Å². The lowest BCUT2D eigenvalue weighted by atomic mass is 9.95. The molecule has 0 spiro atoms. The van der Waals surface area contributed by atoms with Crippen LogP contribution in [0.1, 0.15) is 45.5 Å². The zero-order chi connectivity index (χ0) is 16.2. The zero-order valence-electron chi connectivity index (χ0n) is 14.7. The van der Waals surface area contributed by atoms with E-state index < -0.39 is 0 Å². The minimum Gasteiger partial charge on any atom is -0.373 e. The standard InChI is InChI=1S/C16H30N4S/c1-9-12(10-21-8)20(7)14-11(2)13(17-6)18-15(19-14)16(3,4)5/h12H,9-10H2,1-8H3,(H,17,18,19). The number of nitrogens with one attached hydrogen (secondary N) is 1. The predicted octanol–water partition coefficient (Wildman–Crippen LogP) is 3.70. The van der Waals surface area contributed by atoms with Crippen molar-refractivity contribution in [2.75, 3.05) is 36.3 Å². The van der Waals surface area contributed by atoms with Gasteiger partial charge in [-0.3, -0.25) is 0 Å². The summed E-state index contributed by atoms with van der Waals surface area (Å²) in [5.41, 5.74) is 1.06. The fourth-order valence-corrected chi connectivity index (χ4v) is 3.14. The van der Waals surface area contributed by atoms with E-state index in [1.165, 1.54) is 0 Å². The van der Waals surface area contributed by atoms with E-state index in [2.05, 4.69) is 63.1 Å². The molecule has 0 amide bonds. The Hall–Kier alpha value is -0.970. The molecule has 1 aromatic rings. The molecule has 1 rings (SSSR count). The van der Waals surface area contributed by atoms with E-state index in [9.17, 15) is 0 Å². The van der Waals surface area contributed by atoms with Gasteiger partial charge in [-0.25, -0.2) is 9.97 Å². The minimum atomic E-state index is -0.0594. The van der Waals surface area contributed by atoms with Gasteiger partial charge in [0, 0.05) is 36.9 Å². The molecule has 0 bridgehead atoms. The van der Waals surface area contributed by atoms with E-state index in [-0.39, 0.29) is 5.41 Å². The number of hydrogen-bond donors (Lipinski definition) is 1. The van der Waals surface area contributed by atoms with Crippen LogP contribution in [0.15, 0.2) is 0 Å². The summed E-state index contributed by atoms with van der Waals surface area (Å²) in [6.07, 6.45) is 3.27. The van der Waals surface area contributed by atoms with Gasteiger partial charge in [0.05, 0.1) is 0 Å². The molecule has 0 radical (unpaired) electrons. The molecule has 120 valence electrons. The van der Waals surface area contributed by atoms with Crippen LogP contribution in [0.4, 0.5) is 11.6 Å². The Labute approximate surface area is 134 Å². The molecule has 0 fully saturated rings. The summed E-state index contributed by atoms with van der Waals surface area (Å²) in [7, 11) is 4.07. The first-order chi connectivity index (χ1) is 9.76. The fourth-order valence-electron chi connectivity index (χ4n) is 2.30. The zero-order valence-corrected chi connectivity index (χ0v) is 15.6. The van der Waals surface area contributed by atoms with Gasteiger partial charge in [0.1, 0.15) is 17.5 Å². The largest absolute Gasteiger partial charge is 0.373 e. The van der Waals surface area contributed by atoms with Crippen LogP contribution < -0.4 is 10.2 Å². The van der Waals surface area contributed by atoms with Gasteiger partial charge >= 0.3 is 0 Å². The van der Waals surface area contributed by atoms with Gasteiger partial charge in [-0.05, 0) is 19.6 Å². The summed E-state index contributed by atoms with van der Waals surface area (Å²) in [5.74, 6) is 3.96. The summed E-state index contributed by atoms with van der Waals surface area (Å²) in [5, 5.41) is 3.21. The average Bonchev–Trinajstić information content (AvgIpc) is 2.43. The van der Waals surface area contributed by atoms with Gasteiger partial charge in [-0.1, -0.05) is 27.7 Å². The van der Waals surface area contributed by atoms with E-state index in [0.29, 0.717) is 6.04 Å². The Morgan fingerprint density at radius 1 is 1.29 bits per heavy atom. The van der Waals surface area contributed by atoms with E-state index in [1.54, 1.807) is 0 Å². The van der Waals surface area contributed by atoms with Crippen molar-refractivity contribution in [1.82, 2.24) is 9.97 Å². The van der Waals surface area contributed by atoms with Gasteiger partial charge in [-0.15, -0.1) is 0 Å². The second-order valence-electron chi connectivity index (χ2n) is 6.47. The molecular weight excluding hydrogens is 280 g/mol. The monoisotopic (exact) mass is 310 g/mol. The van der Waals surface area contributed by atoms with Gasteiger partial charge in [0.2, 0.25) is 0 Å². The van der Waals surface area contributed by atoms with Crippen LogP contribution in [-0.2, 0) is 5.41 Å². The van der Waals surface area contributed by atoms with Crippen molar-refractivity contribution in [3.8, 4) is 0 Å². The van der Waals surface area contributed by atoms with Crippen molar-refractivity contribution >= 4 is 23.4 Å². The summed E-state index contributed by atoms with van der Waals surface area (Å²) in [6.45, 7) is 10.8. The minimum absolute atomic E-state index is 0.0594. The molecule has 1 heterocycles. The lowest BCUT2D eigenvalue weighted by Crippen LogP contribution is -2.35. The van der Waals surface area contributed by atoms with Crippen LogP contribution >= 0.6 is 11.8 Å². The molecule has 1 unspecified atom stereocenters. The third-order valence-corrected chi connectivity index (χ3v) is 4.46. The Bertz CT molecular complexity index is 468. The second kappa shape index (κ2) is 7.34. The maximum absolute atomic E-state index is 4.87. The highest BCUT2D eigenvalue weighted by Crippen LogP contribution is 2.29.